The summed E-state index contributed by atoms with van der Waals surface area (Å²) >= 11 is 0. The molecule has 0 bridgehead atoms. The van der Waals surface area contributed by atoms with Gasteiger partial charge in [0.05, 0.1) is 5.56 Å². The summed E-state index contributed by atoms with van der Waals surface area (Å²) in [5.74, 6) is 0.00242. The molecule has 0 saturated carbocycles. The molecule has 106 valence electrons. The first-order valence-electron chi connectivity index (χ1n) is 6.34. The van der Waals surface area contributed by atoms with Crippen molar-refractivity contribution in [2.45, 2.75) is 33.3 Å². The van der Waals surface area contributed by atoms with Gasteiger partial charge in [-0.3, -0.25) is 4.68 Å². The predicted molar refractivity (Wildman–Crippen MR) is 74.1 cm³/mol. The second-order valence-corrected chi connectivity index (χ2v) is 5.51. The van der Waals surface area contributed by atoms with Crippen LogP contribution in [0.15, 0.2) is 18.5 Å². The van der Waals surface area contributed by atoms with Gasteiger partial charge in [0.15, 0.2) is 11.5 Å². The van der Waals surface area contributed by atoms with Crippen LogP contribution in [0.25, 0.3) is 11.4 Å². The maximum Gasteiger partial charge on any atom is 0.360 e. The van der Waals surface area contributed by atoms with Crippen LogP contribution in [0.4, 0.5) is 0 Å². The lowest BCUT2D eigenvalue weighted by atomic mass is 10.1. The first-order chi connectivity index (χ1) is 9.29. The van der Waals surface area contributed by atoms with E-state index < -0.39 is 11.6 Å². The molecule has 0 radical (unpaired) electrons. The van der Waals surface area contributed by atoms with Crippen LogP contribution in [0.5, 0.6) is 0 Å². The molecule has 0 amide bonds. The molecule has 0 unspecified atom stereocenters. The monoisotopic (exact) mass is 274 g/mol. The van der Waals surface area contributed by atoms with Crippen LogP contribution in [-0.4, -0.2) is 31.3 Å². The number of ether oxygens (including phenoxy) is 1. The standard InChI is InChI=1S/C14H18N4O2/c1-9-10(12-15-7-6-8-16-12)11(17-18(9)5)13(19)20-14(2,3)4/h6-8H,1-5H3. The van der Waals surface area contributed by atoms with Crippen molar-refractivity contribution in [3.8, 4) is 11.4 Å². The molecule has 0 aliphatic rings. The van der Waals surface area contributed by atoms with Gasteiger partial charge in [-0.15, -0.1) is 0 Å². The molecule has 2 aromatic heterocycles. The van der Waals surface area contributed by atoms with Gasteiger partial charge in [0.2, 0.25) is 0 Å². The van der Waals surface area contributed by atoms with Crippen LogP contribution in [0, 0.1) is 6.92 Å². The highest BCUT2D eigenvalue weighted by Crippen LogP contribution is 2.25. The van der Waals surface area contributed by atoms with Crippen molar-refractivity contribution in [1.29, 1.82) is 0 Å². The summed E-state index contributed by atoms with van der Waals surface area (Å²) < 4.78 is 7.01. The SMILES string of the molecule is Cc1c(-c2ncccn2)c(C(=O)OC(C)(C)C)nn1C. The fourth-order valence-corrected chi connectivity index (χ4v) is 1.77. The average molecular weight is 274 g/mol. The van der Waals surface area contributed by atoms with Gasteiger partial charge in [0, 0.05) is 25.1 Å². The summed E-state index contributed by atoms with van der Waals surface area (Å²) in [6.45, 7) is 7.32. The third-order valence-corrected chi connectivity index (χ3v) is 2.72. The molecule has 2 rings (SSSR count). The van der Waals surface area contributed by atoms with E-state index in [1.54, 1.807) is 30.2 Å². The first kappa shape index (κ1) is 14.2. The highest BCUT2D eigenvalue weighted by Gasteiger charge is 2.27. The Labute approximate surface area is 117 Å². The van der Waals surface area contributed by atoms with Crippen molar-refractivity contribution in [2.24, 2.45) is 7.05 Å². The molecule has 0 aliphatic carbocycles. The molecule has 0 saturated heterocycles. The Morgan fingerprint density at radius 2 is 1.85 bits per heavy atom. The van der Waals surface area contributed by atoms with E-state index in [0.29, 0.717) is 11.4 Å². The minimum absolute atomic E-state index is 0.242. The van der Waals surface area contributed by atoms with E-state index in [0.717, 1.165) is 5.69 Å². The molecule has 6 nitrogen and oxygen atoms in total. The first-order valence-corrected chi connectivity index (χ1v) is 6.34. The molecule has 2 aromatic rings. The van der Waals surface area contributed by atoms with Crippen LogP contribution >= 0.6 is 0 Å². The second kappa shape index (κ2) is 5.03. The molecule has 20 heavy (non-hydrogen) atoms. The number of nitrogens with zero attached hydrogens (tertiary/aromatic N) is 4. The lowest BCUT2D eigenvalue weighted by molar-refractivity contribution is 0.00629. The number of carbonyl (C=O) groups excluding carboxylic acids is 1. The number of carbonyl (C=O) groups is 1. The smallest absolute Gasteiger partial charge is 0.360 e. The largest absolute Gasteiger partial charge is 0.455 e. The Kier molecular flexibility index (Phi) is 3.57. The van der Waals surface area contributed by atoms with Gasteiger partial charge >= 0.3 is 5.97 Å². The third kappa shape index (κ3) is 2.84. The quantitative estimate of drug-likeness (QED) is 0.785. The highest BCUT2D eigenvalue weighted by molar-refractivity contribution is 5.95. The van der Waals surface area contributed by atoms with Crippen LogP contribution in [0.2, 0.25) is 0 Å². The van der Waals surface area contributed by atoms with E-state index in [9.17, 15) is 4.79 Å². The van der Waals surface area contributed by atoms with Gasteiger partial charge in [-0.05, 0) is 33.8 Å². The fourth-order valence-electron chi connectivity index (χ4n) is 1.77. The zero-order valence-corrected chi connectivity index (χ0v) is 12.3. The van der Waals surface area contributed by atoms with E-state index in [1.165, 1.54) is 0 Å². The van der Waals surface area contributed by atoms with Gasteiger partial charge in [0.25, 0.3) is 0 Å². The Balaban J connectivity index is 2.50. The van der Waals surface area contributed by atoms with Gasteiger partial charge in [0.1, 0.15) is 5.60 Å². The summed E-state index contributed by atoms with van der Waals surface area (Å²) in [6, 6.07) is 1.72. The Bertz CT molecular complexity index is 627. The fraction of sp³-hybridized carbons (Fsp3) is 0.429. The molecule has 0 N–H and O–H groups in total. The van der Waals surface area contributed by atoms with Crippen molar-refractivity contribution in [3.05, 3.63) is 29.8 Å². The molecule has 0 spiro atoms. The van der Waals surface area contributed by atoms with E-state index in [2.05, 4.69) is 15.1 Å². The number of aromatic nitrogens is 4. The molecule has 0 fully saturated rings. The van der Waals surface area contributed by atoms with Gasteiger partial charge in [-0.2, -0.15) is 5.10 Å². The average Bonchev–Trinajstić information content (AvgIpc) is 2.65. The number of rotatable bonds is 2. The summed E-state index contributed by atoms with van der Waals surface area (Å²) in [6.07, 6.45) is 3.27. The molecular formula is C14H18N4O2. The van der Waals surface area contributed by atoms with Crippen LogP contribution in [0.1, 0.15) is 37.0 Å². The second-order valence-electron chi connectivity index (χ2n) is 5.51. The highest BCUT2D eigenvalue weighted by atomic mass is 16.6. The van der Waals surface area contributed by atoms with Gasteiger partial charge in [-0.25, -0.2) is 14.8 Å². The lowest BCUT2D eigenvalue weighted by Gasteiger charge is -2.18. The van der Waals surface area contributed by atoms with Gasteiger partial charge < -0.3 is 4.74 Å². The Morgan fingerprint density at radius 1 is 1.25 bits per heavy atom. The molecule has 2 heterocycles. The maximum absolute atomic E-state index is 12.3. The Hall–Kier alpha value is -2.24. The van der Waals surface area contributed by atoms with Crippen molar-refractivity contribution < 1.29 is 9.53 Å². The topological polar surface area (TPSA) is 69.9 Å². The van der Waals surface area contributed by atoms with Crippen molar-refractivity contribution in [3.63, 3.8) is 0 Å². The number of aryl methyl sites for hydroxylation is 1. The minimum Gasteiger partial charge on any atom is -0.455 e. The zero-order valence-electron chi connectivity index (χ0n) is 12.3. The normalized spacial score (nSPS) is 11.4. The summed E-state index contributed by atoms with van der Waals surface area (Å²) in [7, 11) is 1.77. The number of esters is 1. The molecular weight excluding hydrogens is 256 g/mol. The predicted octanol–water partition coefficient (Wildman–Crippen LogP) is 2.14. The van der Waals surface area contributed by atoms with Crippen LogP contribution in [0.3, 0.4) is 0 Å². The third-order valence-electron chi connectivity index (χ3n) is 2.72. The minimum atomic E-state index is -0.572. The van der Waals surface area contributed by atoms with E-state index in [1.807, 2.05) is 27.7 Å². The lowest BCUT2D eigenvalue weighted by Crippen LogP contribution is -2.24. The van der Waals surface area contributed by atoms with E-state index in [-0.39, 0.29) is 5.69 Å². The van der Waals surface area contributed by atoms with Crippen LogP contribution in [-0.2, 0) is 11.8 Å². The van der Waals surface area contributed by atoms with Crippen LogP contribution < -0.4 is 0 Å². The van der Waals surface area contributed by atoms with E-state index in [4.69, 9.17) is 4.74 Å². The Morgan fingerprint density at radius 3 is 2.40 bits per heavy atom. The van der Waals surface area contributed by atoms with Crippen molar-refractivity contribution in [2.75, 3.05) is 0 Å². The summed E-state index contributed by atoms with van der Waals surface area (Å²) in [4.78, 5) is 20.6. The van der Waals surface area contributed by atoms with Crippen molar-refractivity contribution in [1.82, 2.24) is 19.7 Å². The van der Waals surface area contributed by atoms with Crippen molar-refractivity contribution >= 4 is 5.97 Å². The van der Waals surface area contributed by atoms with E-state index >= 15 is 0 Å². The van der Waals surface area contributed by atoms with Gasteiger partial charge in [-0.1, -0.05) is 0 Å². The molecule has 0 atom stereocenters. The summed E-state index contributed by atoms with van der Waals surface area (Å²) in [5, 5.41) is 4.23. The maximum atomic E-state index is 12.3. The molecule has 6 heteroatoms. The molecule has 0 aliphatic heterocycles. The number of hydrogen-bond donors (Lipinski definition) is 0. The summed E-state index contributed by atoms with van der Waals surface area (Å²) in [5.41, 5.74) is 1.10. The number of hydrogen-bond acceptors (Lipinski definition) is 5. The molecule has 0 aromatic carbocycles. The zero-order chi connectivity index (χ0) is 14.9.